The van der Waals surface area contributed by atoms with E-state index in [2.05, 4.69) is 5.32 Å². The van der Waals surface area contributed by atoms with Gasteiger partial charge in [-0.2, -0.15) is 0 Å². The Hall–Kier alpha value is -3.84. The number of ether oxygens (including phenoxy) is 4. The quantitative estimate of drug-likeness (QED) is 0.340. The summed E-state index contributed by atoms with van der Waals surface area (Å²) in [5.74, 6) is 1.75. The second-order valence-electron chi connectivity index (χ2n) is 7.76. The third-order valence-corrected chi connectivity index (χ3v) is 5.35. The van der Waals surface area contributed by atoms with Crippen LogP contribution < -0.4 is 24.3 Å². The van der Waals surface area contributed by atoms with E-state index in [9.17, 15) is 9.18 Å². The van der Waals surface area contributed by atoms with Crippen LogP contribution in [0.1, 0.15) is 22.3 Å². The lowest BCUT2D eigenvalue weighted by molar-refractivity contribution is -0.104. The van der Waals surface area contributed by atoms with Crippen LogP contribution in [-0.4, -0.2) is 33.8 Å². The van der Waals surface area contributed by atoms with E-state index >= 15 is 0 Å². The molecule has 0 radical (unpaired) electrons. The van der Waals surface area contributed by atoms with E-state index in [0.717, 1.165) is 34.5 Å². The fraction of sp³-hybridized carbons (Fsp3) is 0.250. The summed E-state index contributed by atoms with van der Waals surface area (Å²) < 4.78 is 35.8. The number of likely N-dealkylation sites (N-methyl/N-ethyl adjacent to an activating group) is 1. The number of benzene rings is 3. The Morgan fingerprint density at radius 1 is 1.09 bits per heavy atom. The van der Waals surface area contributed by atoms with E-state index in [4.69, 9.17) is 18.9 Å². The number of hydrogen-bond acceptors (Lipinski definition) is 6. The molecular formula is C28H30FNO5. The summed E-state index contributed by atoms with van der Waals surface area (Å²) in [5, 5.41) is 3.01. The average Bonchev–Trinajstić information content (AvgIpc) is 3.33. The van der Waals surface area contributed by atoms with Crippen LogP contribution in [0.5, 0.6) is 23.0 Å². The second kappa shape index (κ2) is 13.2. The van der Waals surface area contributed by atoms with Gasteiger partial charge in [0.2, 0.25) is 6.79 Å². The molecule has 0 unspecified atom stereocenters. The standard InChI is InChI=1S/C17H20FNO2.C11H10O3/c1-19-11-10-14-8-9-15(20-2)17(16(14)18)21-12-13-6-4-3-5-7-13;1-8-5-10-11(14-7-13-10)6-9(8)3-2-4-12/h3-9,19H,10-12H2,1-2H3;2-6H,7H2,1H3/b;3-2+. The van der Waals surface area contributed by atoms with E-state index in [-0.39, 0.29) is 18.4 Å². The van der Waals surface area contributed by atoms with Crippen LogP contribution in [0.4, 0.5) is 4.39 Å². The van der Waals surface area contributed by atoms with Gasteiger partial charge >= 0.3 is 0 Å². The van der Waals surface area contributed by atoms with Gasteiger partial charge in [-0.25, -0.2) is 4.39 Å². The molecule has 1 N–H and O–H groups in total. The van der Waals surface area contributed by atoms with Crippen molar-refractivity contribution in [2.45, 2.75) is 20.0 Å². The Kier molecular flexibility index (Phi) is 9.69. The second-order valence-corrected chi connectivity index (χ2v) is 7.76. The maximum absolute atomic E-state index is 14.5. The molecule has 7 heteroatoms. The molecule has 1 aliphatic heterocycles. The number of rotatable bonds is 9. The Morgan fingerprint density at radius 3 is 2.51 bits per heavy atom. The maximum Gasteiger partial charge on any atom is 0.231 e. The largest absolute Gasteiger partial charge is 0.493 e. The van der Waals surface area contributed by atoms with E-state index in [1.807, 2.05) is 56.4 Å². The highest BCUT2D eigenvalue weighted by Gasteiger charge is 2.16. The normalized spacial score (nSPS) is 11.7. The lowest BCUT2D eigenvalue weighted by atomic mass is 10.1. The molecule has 1 aliphatic rings. The zero-order valence-electron chi connectivity index (χ0n) is 20.2. The van der Waals surface area contributed by atoms with Gasteiger partial charge in [-0.15, -0.1) is 0 Å². The van der Waals surface area contributed by atoms with Gasteiger partial charge in [0, 0.05) is 0 Å². The first kappa shape index (κ1) is 25.8. The fourth-order valence-electron chi connectivity index (χ4n) is 3.44. The minimum Gasteiger partial charge on any atom is -0.493 e. The number of methoxy groups -OCH3 is 1. The predicted molar refractivity (Wildman–Crippen MR) is 134 cm³/mol. The summed E-state index contributed by atoms with van der Waals surface area (Å²) in [6.07, 6.45) is 4.58. The van der Waals surface area contributed by atoms with Crippen molar-refractivity contribution in [3.63, 3.8) is 0 Å². The molecule has 0 bridgehead atoms. The molecule has 35 heavy (non-hydrogen) atoms. The van der Waals surface area contributed by atoms with Gasteiger partial charge in [-0.05, 0) is 73.5 Å². The number of allylic oxidation sites excluding steroid dienone is 1. The van der Waals surface area contributed by atoms with Crippen molar-refractivity contribution in [1.29, 1.82) is 0 Å². The average molecular weight is 480 g/mol. The van der Waals surface area contributed by atoms with Crippen LogP contribution in [0, 0.1) is 12.7 Å². The van der Waals surface area contributed by atoms with Gasteiger partial charge in [0.25, 0.3) is 0 Å². The number of halogens is 1. The number of nitrogens with one attached hydrogen (secondary N) is 1. The van der Waals surface area contributed by atoms with Crippen LogP contribution in [0.2, 0.25) is 0 Å². The molecule has 0 atom stereocenters. The lowest BCUT2D eigenvalue weighted by Crippen LogP contribution is -2.12. The SMILES string of the molecule is CNCCc1ccc(OC)c(OCc2ccccc2)c1F.Cc1cc2c(cc1/C=C/C=O)OCO2. The Morgan fingerprint density at radius 2 is 1.83 bits per heavy atom. The number of hydrogen-bond donors (Lipinski definition) is 1. The molecule has 0 saturated heterocycles. The highest BCUT2D eigenvalue weighted by Crippen LogP contribution is 2.35. The van der Waals surface area contributed by atoms with Crippen molar-refractivity contribution >= 4 is 12.4 Å². The van der Waals surface area contributed by atoms with Gasteiger partial charge in [-0.3, -0.25) is 4.79 Å². The number of fused-ring (bicyclic) bond motifs is 1. The first-order valence-electron chi connectivity index (χ1n) is 11.3. The molecule has 0 aliphatic carbocycles. The van der Waals surface area contributed by atoms with Gasteiger partial charge in [-0.1, -0.05) is 42.5 Å². The third-order valence-electron chi connectivity index (χ3n) is 5.35. The zero-order valence-corrected chi connectivity index (χ0v) is 20.2. The minimum atomic E-state index is -0.347. The molecule has 3 aromatic carbocycles. The molecule has 0 saturated carbocycles. The van der Waals surface area contributed by atoms with Gasteiger partial charge in [0.15, 0.2) is 28.8 Å². The number of aryl methyl sites for hydroxylation is 1. The minimum absolute atomic E-state index is 0.176. The number of aldehydes is 1. The number of carbonyl (C=O) groups excluding carboxylic acids is 1. The Bertz CT molecular complexity index is 1150. The summed E-state index contributed by atoms with van der Waals surface area (Å²) >= 11 is 0. The van der Waals surface area contributed by atoms with E-state index in [1.54, 1.807) is 18.2 Å². The molecule has 0 amide bonds. The van der Waals surface area contributed by atoms with E-state index in [0.29, 0.717) is 30.9 Å². The highest BCUT2D eigenvalue weighted by molar-refractivity contribution is 5.75. The maximum atomic E-state index is 14.5. The van der Waals surface area contributed by atoms with Gasteiger partial charge < -0.3 is 24.3 Å². The van der Waals surface area contributed by atoms with Crippen LogP contribution in [0.3, 0.4) is 0 Å². The smallest absolute Gasteiger partial charge is 0.231 e. The fourth-order valence-corrected chi connectivity index (χ4v) is 3.44. The Labute approximate surface area is 205 Å². The highest BCUT2D eigenvalue weighted by atomic mass is 19.1. The molecule has 1 heterocycles. The first-order chi connectivity index (χ1) is 17.1. The van der Waals surface area contributed by atoms with Crippen molar-refractivity contribution in [2.75, 3.05) is 27.5 Å². The van der Waals surface area contributed by atoms with Crippen molar-refractivity contribution in [1.82, 2.24) is 5.32 Å². The van der Waals surface area contributed by atoms with Crippen LogP contribution >= 0.6 is 0 Å². The summed E-state index contributed by atoms with van der Waals surface area (Å²) in [4.78, 5) is 10.2. The molecule has 184 valence electrons. The predicted octanol–water partition coefficient (Wildman–Crippen LogP) is 5.11. The summed E-state index contributed by atoms with van der Waals surface area (Å²) in [6, 6.07) is 16.9. The topological polar surface area (TPSA) is 66.0 Å². The van der Waals surface area contributed by atoms with Gasteiger partial charge in [0.1, 0.15) is 12.9 Å². The van der Waals surface area contributed by atoms with Crippen LogP contribution in [-0.2, 0) is 17.8 Å². The molecule has 4 rings (SSSR count). The monoisotopic (exact) mass is 479 g/mol. The van der Waals surface area contributed by atoms with Crippen molar-refractivity contribution in [2.24, 2.45) is 0 Å². The van der Waals surface area contributed by atoms with E-state index < -0.39 is 0 Å². The third kappa shape index (κ3) is 7.07. The van der Waals surface area contributed by atoms with Crippen molar-refractivity contribution < 1.29 is 28.1 Å². The van der Waals surface area contributed by atoms with E-state index in [1.165, 1.54) is 13.2 Å². The molecule has 0 spiro atoms. The lowest BCUT2D eigenvalue weighted by Gasteiger charge is -2.14. The van der Waals surface area contributed by atoms with Crippen molar-refractivity contribution in [3.05, 3.63) is 88.7 Å². The molecule has 0 fully saturated rings. The summed E-state index contributed by atoms with van der Waals surface area (Å²) in [6.45, 7) is 3.26. The van der Waals surface area contributed by atoms with Gasteiger partial charge in [0.05, 0.1) is 7.11 Å². The van der Waals surface area contributed by atoms with Crippen molar-refractivity contribution in [3.8, 4) is 23.0 Å². The van der Waals surface area contributed by atoms with Crippen LogP contribution in [0.25, 0.3) is 6.08 Å². The summed E-state index contributed by atoms with van der Waals surface area (Å²) in [7, 11) is 3.35. The zero-order chi connectivity index (χ0) is 25.0. The molecule has 6 nitrogen and oxygen atoms in total. The summed E-state index contributed by atoms with van der Waals surface area (Å²) in [5.41, 5.74) is 3.64. The van der Waals surface area contributed by atoms with Crippen LogP contribution in [0.15, 0.2) is 60.7 Å². The molecular weight excluding hydrogens is 449 g/mol. The Balaban J connectivity index is 0.000000211. The molecule has 0 aromatic heterocycles. The first-order valence-corrected chi connectivity index (χ1v) is 11.3. The molecule has 3 aromatic rings. The number of carbonyl (C=O) groups is 1.